The Balaban J connectivity index is 1.64. The van der Waals surface area contributed by atoms with E-state index in [0.29, 0.717) is 11.6 Å². The Morgan fingerprint density at radius 1 is 1.02 bits per heavy atom. The highest BCUT2D eigenvalue weighted by atomic mass is 16.5. The van der Waals surface area contributed by atoms with E-state index in [-0.39, 0.29) is 0 Å². The average Bonchev–Trinajstić information content (AvgIpc) is 3.26. The van der Waals surface area contributed by atoms with E-state index in [9.17, 15) is 20.3 Å². The smallest absolute Gasteiger partial charge is 0.351 e. The van der Waals surface area contributed by atoms with E-state index in [2.05, 4.69) is 16.4 Å². The van der Waals surface area contributed by atoms with Crippen molar-refractivity contribution in [2.75, 3.05) is 19.0 Å². The minimum Gasteiger partial charge on any atom is -0.497 e. The van der Waals surface area contributed by atoms with Gasteiger partial charge in [0.1, 0.15) is 34.7 Å². The van der Waals surface area contributed by atoms with E-state index in [1.165, 1.54) is 17.7 Å². The SMILES string of the molecule is COc1ccc(C(Nc2ccn(C3OC(CO)[C@@H](O)[C@@]3(C)C#N)c(=O)n2)(c2ccccc2)c2ccccc2)cc1. The third-order valence-electron chi connectivity index (χ3n) is 7.54. The summed E-state index contributed by atoms with van der Waals surface area (Å²) in [6.45, 7) is 1.01. The number of ether oxygens (including phenoxy) is 2. The number of methoxy groups -OCH3 is 1. The first-order valence-corrected chi connectivity index (χ1v) is 12.9. The van der Waals surface area contributed by atoms with Crippen LogP contribution in [0.3, 0.4) is 0 Å². The van der Waals surface area contributed by atoms with Crippen LogP contribution in [0.5, 0.6) is 5.75 Å². The Morgan fingerprint density at radius 2 is 1.60 bits per heavy atom. The highest BCUT2D eigenvalue weighted by molar-refractivity contribution is 5.58. The van der Waals surface area contributed by atoms with E-state index in [4.69, 9.17) is 9.47 Å². The van der Waals surface area contributed by atoms with Gasteiger partial charge in [-0.3, -0.25) is 4.57 Å². The monoisotopic (exact) mass is 538 g/mol. The molecule has 204 valence electrons. The Labute approximate surface area is 231 Å². The molecule has 9 heteroatoms. The molecule has 0 bridgehead atoms. The summed E-state index contributed by atoms with van der Waals surface area (Å²) in [5, 5.41) is 33.6. The zero-order chi connectivity index (χ0) is 28.3. The number of hydrogen-bond acceptors (Lipinski definition) is 8. The van der Waals surface area contributed by atoms with Gasteiger partial charge in [0, 0.05) is 6.20 Å². The second kappa shape index (κ2) is 10.9. The number of anilines is 1. The maximum Gasteiger partial charge on any atom is 0.351 e. The fraction of sp³-hybridized carbons (Fsp3) is 0.258. The molecule has 3 N–H and O–H groups in total. The molecule has 5 rings (SSSR count). The molecule has 4 atom stereocenters. The van der Waals surface area contributed by atoms with Gasteiger partial charge < -0.3 is 25.0 Å². The maximum atomic E-state index is 13.4. The molecule has 0 aliphatic carbocycles. The van der Waals surface area contributed by atoms with Crippen LogP contribution < -0.4 is 15.7 Å². The Hall–Kier alpha value is -4.49. The van der Waals surface area contributed by atoms with Crippen LogP contribution in [0.2, 0.25) is 0 Å². The number of aliphatic hydroxyl groups excluding tert-OH is 2. The number of nitrogens with zero attached hydrogens (tertiary/aromatic N) is 3. The van der Waals surface area contributed by atoms with Gasteiger partial charge >= 0.3 is 5.69 Å². The van der Waals surface area contributed by atoms with Crippen molar-refractivity contribution < 1.29 is 19.7 Å². The molecule has 0 saturated carbocycles. The van der Waals surface area contributed by atoms with E-state index in [0.717, 1.165) is 16.7 Å². The molecule has 9 nitrogen and oxygen atoms in total. The van der Waals surface area contributed by atoms with Crippen LogP contribution >= 0.6 is 0 Å². The van der Waals surface area contributed by atoms with Gasteiger partial charge in [0.2, 0.25) is 0 Å². The summed E-state index contributed by atoms with van der Waals surface area (Å²) in [6, 6.07) is 31.1. The molecule has 1 fully saturated rings. The summed E-state index contributed by atoms with van der Waals surface area (Å²) >= 11 is 0. The van der Waals surface area contributed by atoms with Crippen molar-refractivity contribution in [2.45, 2.75) is 30.9 Å². The van der Waals surface area contributed by atoms with E-state index in [1.807, 2.05) is 84.9 Å². The molecule has 40 heavy (non-hydrogen) atoms. The van der Waals surface area contributed by atoms with Gasteiger partial charge in [-0.2, -0.15) is 10.2 Å². The molecular formula is C31H30N4O5. The van der Waals surface area contributed by atoms with Crippen LogP contribution in [0.4, 0.5) is 5.82 Å². The quantitative estimate of drug-likeness (QED) is 0.291. The van der Waals surface area contributed by atoms with Gasteiger partial charge in [0.05, 0.1) is 19.8 Å². The molecule has 0 amide bonds. The first kappa shape index (κ1) is 27.1. The summed E-state index contributed by atoms with van der Waals surface area (Å²) in [7, 11) is 1.61. The number of nitriles is 1. The Kier molecular flexibility index (Phi) is 7.41. The first-order valence-electron chi connectivity index (χ1n) is 12.9. The minimum atomic E-state index is -1.46. The Bertz CT molecular complexity index is 1510. The van der Waals surface area contributed by atoms with E-state index >= 15 is 0 Å². The zero-order valence-corrected chi connectivity index (χ0v) is 22.1. The van der Waals surface area contributed by atoms with Crippen molar-refractivity contribution >= 4 is 5.82 Å². The lowest BCUT2D eigenvalue weighted by molar-refractivity contribution is -0.0503. The molecule has 1 aliphatic heterocycles. The average molecular weight is 539 g/mol. The lowest BCUT2D eigenvalue weighted by atomic mass is 9.77. The third kappa shape index (κ3) is 4.52. The Morgan fingerprint density at radius 3 is 2.10 bits per heavy atom. The second-order valence-electron chi connectivity index (χ2n) is 9.89. The highest BCUT2D eigenvalue weighted by Crippen LogP contribution is 2.44. The van der Waals surface area contributed by atoms with Crippen molar-refractivity contribution in [3.63, 3.8) is 0 Å². The number of nitrogens with one attached hydrogen (secondary N) is 1. The largest absolute Gasteiger partial charge is 0.497 e. The third-order valence-corrected chi connectivity index (χ3v) is 7.54. The van der Waals surface area contributed by atoms with Gasteiger partial charge in [0.25, 0.3) is 0 Å². The molecule has 1 aliphatic rings. The molecule has 1 aromatic heterocycles. The topological polar surface area (TPSA) is 130 Å². The first-order chi connectivity index (χ1) is 19.4. The number of aromatic nitrogens is 2. The van der Waals surface area contributed by atoms with Crippen LogP contribution in [0.15, 0.2) is 102 Å². The minimum absolute atomic E-state index is 0.292. The van der Waals surface area contributed by atoms with Crippen molar-refractivity contribution in [1.82, 2.24) is 9.55 Å². The van der Waals surface area contributed by atoms with Crippen LogP contribution in [-0.4, -0.2) is 45.7 Å². The molecule has 0 radical (unpaired) electrons. The zero-order valence-electron chi connectivity index (χ0n) is 22.1. The van der Waals surface area contributed by atoms with Crippen molar-refractivity contribution in [2.24, 2.45) is 5.41 Å². The van der Waals surface area contributed by atoms with E-state index < -0.39 is 41.7 Å². The predicted octanol–water partition coefficient (Wildman–Crippen LogP) is 3.44. The van der Waals surface area contributed by atoms with Crippen molar-refractivity contribution in [3.05, 3.63) is 124 Å². The molecule has 0 spiro atoms. The van der Waals surface area contributed by atoms with Crippen LogP contribution in [0.1, 0.15) is 29.8 Å². The van der Waals surface area contributed by atoms with Crippen LogP contribution in [0.25, 0.3) is 0 Å². The molecule has 4 aromatic rings. The van der Waals surface area contributed by atoms with E-state index in [1.54, 1.807) is 13.2 Å². The van der Waals surface area contributed by atoms with Gasteiger partial charge in [-0.05, 0) is 41.8 Å². The molecule has 2 unspecified atom stereocenters. The standard InChI is InChI=1S/C31H30N4O5/c1-30(20-32)27(37)25(19-36)40-28(30)35-18-17-26(33-29(35)38)34-31(21-9-5-3-6-10-21,22-11-7-4-8-12-22)23-13-15-24(39-2)16-14-23/h3-18,25,27-28,36-37H,19H2,1-2H3,(H,33,34,38)/t25?,27-,28?,30-/m1/s1. The van der Waals surface area contributed by atoms with Gasteiger partial charge in [-0.25, -0.2) is 4.79 Å². The fourth-order valence-electron chi connectivity index (χ4n) is 5.32. The number of aliphatic hydroxyl groups is 2. The van der Waals surface area contributed by atoms with Gasteiger partial charge in [-0.15, -0.1) is 0 Å². The number of hydrogen-bond donors (Lipinski definition) is 3. The number of benzene rings is 3. The summed E-state index contributed by atoms with van der Waals surface area (Å²) in [5.41, 5.74) is -0.350. The van der Waals surface area contributed by atoms with Gasteiger partial charge in [0.15, 0.2) is 6.23 Å². The lowest BCUT2D eigenvalue weighted by Crippen LogP contribution is -2.41. The van der Waals surface area contributed by atoms with Gasteiger partial charge in [-0.1, -0.05) is 72.8 Å². The summed E-state index contributed by atoms with van der Waals surface area (Å²) in [5.74, 6) is 1.00. The second-order valence-corrected chi connectivity index (χ2v) is 9.89. The lowest BCUT2D eigenvalue weighted by Gasteiger charge is -2.37. The summed E-state index contributed by atoms with van der Waals surface area (Å²) in [4.78, 5) is 17.7. The fourth-order valence-corrected chi connectivity index (χ4v) is 5.32. The molecular weight excluding hydrogens is 508 g/mol. The van der Waals surface area contributed by atoms with Crippen LogP contribution in [0, 0.1) is 16.7 Å². The maximum absolute atomic E-state index is 13.4. The van der Waals surface area contributed by atoms with Crippen LogP contribution in [-0.2, 0) is 10.3 Å². The van der Waals surface area contributed by atoms with Crippen molar-refractivity contribution in [1.29, 1.82) is 5.26 Å². The molecule has 2 heterocycles. The van der Waals surface area contributed by atoms with Crippen molar-refractivity contribution in [3.8, 4) is 11.8 Å². The predicted molar refractivity (Wildman–Crippen MR) is 149 cm³/mol. The normalized spacial score (nSPS) is 22.4. The molecule has 1 saturated heterocycles. The summed E-state index contributed by atoms with van der Waals surface area (Å²) < 4.78 is 12.3. The number of rotatable bonds is 8. The highest BCUT2D eigenvalue weighted by Gasteiger charge is 2.54. The molecule has 3 aromatic carbocycles. The summed E-state index contributed by atoms with van der Waals surface area (Å²) in [6.07, 6.45) is -1.93.